The number of sulfone groups is 1. The summed E-state index contributed by atoms with van der Waals surface area (Å²) in [4.78, 5) is 0. The number of aryl methyl sites for hydroxylation is 1. The minimum Gasteiger partial charge on any atom is -0.488 e. The third-order valence-electron chi connectivity index (χ3n) is 4.22. The lowest BCUT2D eigenvalue weighted by Crippen LogP contribution is -2.47. The molecule has 2 aliphatic heterocycles. The molecule has 4 nitrogen and oxygen atoms in total. The van der Waals surface area contributed by atoms with Gasteiger partial charge in [-0.05, 0) is 31.9 Å². The van der Waals surface area contributed by atoms with Gasteiger partial charge in [-0.15, -0.1) is 0 Å². The highest BCUT2D eigenvalue weighted by atomic mass is 32.2. The summed E-state index contributed by atoms with van der Waals surface area (Å²) in [7, 11) is -2.86. The Bertz CT molecular complexity index is 626. The molecule has 0 saturated carbocycles. The molecule has 3 rings (SSSR count). The fourth-order valence-electron chi connectivity index (χ4n) is 3.07. The predicted molar refractivity (Wildman–Crippen MR) is 79.0 cm³/mol. The smallest absolute Gasteiger partial charge is 0.152 e. The minimum atomic E-state index is -2.86. The van der Waals surface area contributed by atoms with Crippen molar-refractivity contribution in [1.29, 1.82) is 0 Å². The van der Waals surface area contributed by atoms with E-state index in [0.29, 0.717) is 18.7 Å². The number of ether oxygens (including phenoxy) is 1. The van der Waals surface area contributed by atoms with Crippen molar-refractivity contribution in [3.05, 3.63) is 29.3 Å². The molecule has 0 spiro atoms. The average molecular weight is 295 g/mol. The van der Waals surface area contributed by atoms with Crippen LogP contribution in [0.15, 0.2) is 18.2 Å². The first kappa shape index (κ1) is 13.9. The Labute approximate surface area is 120 Å². The van der Waals surface area contributed by atoms with Gasteiger partial charge in [0.2, 0.25) is 0 Å². The van der Waals surface area contributed by atoms with Crippen LogP contribution >= 0.6 is 0 Å². The number of rotatable bonds is 3. The summed E-state index contributed by atoms with van der Waals surface area (Å²) in [6, 6.07) is 6.24. The van der Waals surface area contributed by atoms with Crippen LogP contribution in [0.2, 0.25) is 0 Å². The predicted octanol–water partition coefficient (Wildman–Crippen LogP) is 1.47. The van der Waals surface area contributed by atoms with Gasteiger partial charge >= 0.3 is 0 Å². The minimum absolute atomic E-state index is 0.104. The molecule has 1 fully saturated rings. The second kappa shape index (κ2) is 4.74. The summed E-state index contributed by atoms with van der Waals surface area (Å²) in [5.41, 5.74) is 2.20. The van der Waals surface area contributed by atoms with Gasteiger partial charge in [0.1, 0.15) is 11.9 Å². The zero-order chi connectivity index (χ0) is 14.4. The van der Waals surface area contributed by atoms with E-state index in [4.69, 9.17) is 4.74 Å². The monoisotopic (exact) mass is 295 g/mol. The van der Waals surface area contributed by atoms with Crippen molar-refractivity contribution in [2.24, 2.45) is 0 Å². The van der Waals surface area contributed by atoms with E-state index in [-0.39, 0.29) is 17.4 Å². The van der Waals surface area contributed by atoms with E-state index in [0.717, 1.165) is 12.2 Å². The van der Waals surface area contributed by atoms with Crippen molar-refractivity contribution < 1.29 is 13.2 Å². The Balaban J connectivity index is 1.59. The van der Waals surface area contributed by atoms with Crippen molar-refractivity contribution in [2.75, 3.05) is 18.1 Å². The molecular formula is C15H21NO3S. The van der Waals surface area contributed by atoms with E-state index < -0.39 is 9.84 Å². The Kier molecular flexibility index (Phi) is 3.29. The second-order valence-electron chi connectivity index (χ2n) is 6.34. The van der Waals surface area contributed by atoms with Crippen molar-refractivity contribution >= 4 is 9.84 Å². The first-order valence-corrected chi connectivity index (χ1v) is 8.89. The number of hydrogen-bond acceptors (Lipinski definition) is 4. The zero-order valence-electron chi connectivity index (χ0n) is 12.0. The highest BCUT2D eigenvalue weighted by Gasteiger charge is 2.38. The van der Waals surface area contributed by atoms with Gasteiger partial charge in [0.25, 0.3) is 0 Å². The molecule has 1 saturated heterocycles. The second-order valence-corrected chi connectivity index (χ2v) is 8.52. The molecule has 2 atom stereocenters. The maximum Gasteiger partial charge on any atom is 0.152 e. The van der Waals surface area contributed by atoms with Gasteiger partial charge < -0.3 is 10.1 Å². The molecule has 110 valence electrons. The molecule has 2 unspecified atom stereocenters. The first-order valence-electron chi connectivity index (χ1n) is 7.07. The summed E-state index contributed by atoms with van der Waals surface area (Å²) in [6.45, 7) is 4.76. The summed E-state index contributed by atoms with van der Waals surface area (Å²) in [5, 5.41) is 3.40. The molecule has 0 aliphatic carbocycles. The maximum atomic E-state index is 11.6. The zero-order valence-corrected chi connectivity index (χ0v) is 12.8. The Morgan fingerprint density at radius 2 is 2.25 bits per heavy atom. The Hall–Kier alpha value is -1.07. The van der Waals surface area contributed by atoms with Gasteiger partial charge in [0.15, 0.2) is 9.84 Å². The van der Waals surface area contributed by atoms with Crippen molar-refractivity contribution in [2.45, 2.75) is 38.3 Å². The van der Waals surface area contributed by atoms with E-state index in [1.54, 1.807) is 0 Å². The standard InChI is InChI=1S/C15H21NO3S/c1-11-3-4-14-12(7-11)8-13(19-14)9-16-15(2)5-6-20(17,18)10-15/h3-4,7,13,16H,5-6,8-10H2,1-2H3. The lowest BCUT2D eigenvalue weighted by Gasteiger charge is -2.25. The molecular weight excluding hydrogens is 274 g/mol. The SMILES string of the molecule is Cc1ccc2c(c1)CC(CNC1(C)CCS(=O)(=O)C1)O2. The highest BCUT2D eigenvalue weighted by molar-refractivity contribution is 7.91. The number of nitrogens with one attached hydrogen (secondary N) is 1. The van der Waals surface area contributed by atoms with Crippen LogP contribution in [0.25, 0.3) is 0 Å². The highest BCUT2D eigenvalue weighted by Crippen LogP contribution is 2.30. The van der Waals surface area contributed by atoms with E-state index in [2.05, 4.69) is 24.4 Å². The van der Waals surface area contributed by atoms with Crippen LogP contribution in [0, 0.1) is 6.92 Å². The van der Waals surface area contributed by atoms with E-state index >= 15 is 0 Å². The summed E-state index contributed by atoms with van der Waals surface area (Å²) >= 11 is 0. The summed E-state index contributed by atoms with van der Waals surface area (Å²) in [6.07, 6.45) is 1.69. The summed E-state index contributed by atoms with van der Waals surface area (Å²) in [5.74, 6) is 1.49. The van der Waals surface area contributed by atoms with E-state index in [1.807, 2.05) is 13.0 Å². The molecule has 2 heterocycles. The number of fused-ring (bicyclic) bond motifs is 1. The van der Waals surface area contributed by atoms with Crippen LogP contribution in [-0.4, -0.2) is 38.1 Å². The van der Waals surface area contributed by atoms with E-state index in [9.17, 15) is 8.42 Å². The van der Waals surface area contributed by atoms with Crippen LogP contribution in [0.3, 0.4) is 0 Å². The van der Waals surface area contributed by atoms with Crippen LogP contribution in [-0.2, 0) is 16.3 Å². The molecule has 1 aromatic rings. The van der Waals surface area contributed by atoms with Crippen molar-refractivity contribution in [3.8, 4) is 5.75 Å². The van der Waals surface area contributed by atoms with Crippen LogP contribution in [0.5, 0.6) is 5.75 Å². The largest absolute Gasteiger partial charge is 0.488 e. The average Bonchev–Trinajstić information content (AvgIpc) is 2.87. The quantitative estimate of drug-likeness (QED) is 0.917. The normalized spacial score (nSPS) is 31.0. The Morgan fingerprint density at radius 1 is 1.45 bits per heavy atom. The molecule has 5 heteroatoms. The fourth-order valence-corrected chi connectivity index (χ4v) is 5.20. The van der Waals surface area contributed by atoms with Gasteiger partial charge in [-0.1, -0.05) is 17.7 Å². The number of hydrogen-bond donors (Lipinski definition) is 1. The molecule has 20 heavy (non-hydrogen) atoms. The molecule has 2 aliphatic rings. The van der Waals surface area contributed by atoms with Crippen molar-refractivity contribution in [1.82, 2.24) is 5.32 Å². The molecule has 0 amide bonds. The fraction of sp³-hybridized carbons (Fsp3) is 0.600. The van der Waals surface area contributed by atoms with Gasteiger partial charge in [0, 0.05) is 18.5 Å². The van der Waals surface area contributed by atoms with Crippen molar-refractivity contribution in [3.63, 3.8) is 0 Å². The third-order valence-corrected chi connectivity index (χ3v) is 6.12. The van der Waals surface area contributed by atoms with Gasteiger partial charge in [-0.2, -0.15) is 0 Å². The molecule has 1 N–H and O–H groups in total. The van der Waals surface area contributed by atoms with Crippen LogP contribution < -0.4 is 10.1 Å². The van der Waals surface area contributed by atoms with Gasteiger partial charge in [-0.25, -0.2) is 8.42 Å². The Morgan fingerprint density at radius 3 is 2.95 bits per heavy atom. The molecule has 1 aromatic carbocycles. The molecule has 0 bridgehead atoms. The first-order chi connectivity index (χ1) is 9.35. The lowest BCUT2D eigenvalue weighted by atomic mass is 10.0. The molecule has 0 radical (unpaired) electrons. The van der Waals surface area contributed by atoms with E-state index in [1.165, 1.54) is 11.1 Å². The lowest BCUT2D eigenvalue weighted by molar-refractivity contribution is 0.210. The van der Waals surface area contributed by atoms with Crippen LogP contribution in [0.4, 0.5) is 0 Å². The maximum absolute atomic E-state index is 11.6. The number of benzene rings is 1. The molecule has 0 aromatic heterocycles. The summed E-state index contributed by atoms with van der Waals surface area (Å²) < 4.78 is 29.1. The van der Waals surface area contributed by atoms with Gasteiger partial charge in [-0.3, -0.25) is 0 Å². The van der Waals surface area contributed by atoms with Gasteiger partial charge in [0.05, 0.1) is 11.5 Å². The van der Waals surface area contributed by atoms with Crippen LogP contribution in [0.1, 0.15) is 24.5 Å². The topological polar surface area (TPSA) is 55.4 Å². The third kappa shape index (κ3) is 2.83.